The van der Waals surface area contributed by atoms with Crippen LogP contribution in [-0.2, 0) is 43.5 Å². The van der Waals surface area contributed by atoms with Gasteiger partial charge in [0.25, 0.3) is 0 Å². The van der Waals surface area contributed by atoms with Crippen LogP contribution in [0.3, 0.4) is 0 Å². The fourth-order valence-electron chi connectivity index (χ4n) is 4.33. The van der Waals surface area contributed by atoms with E-state index in [4.69, 9.17) is 29.2 Å². The highest BCUT2D eigenvalue weighted by Crippen LogP contribution is 2.29. The van der Waals surface area contributed by atoms with Crippen molar-refractivity contribution >= 4 is 0 Å². The summed E-state index contributed by atoms with van der Waals surface area (Å²) < 4.78 is 30.8. The third-order valence-electron chi connectivity index (χ3n) is 6.33. The molecule has 1 aliphatic rings. The van der Waals surface area contributed by atoms with E-state index in [-0.39, 0.29) is 19.8 Å². The summed E-state index contributed by atoms with van der Waals surface area (Å²) in [6, 6.07) is 29.3. The lowest BCUT2D eigenvalue weighted by molar-refractivity contribution is -0.320. The van der Waals surface area contributed by atoms with Gasteiger partial charge >= 0.3 is 0 Å². The zero-order valence-corrected chi connectivity index (χ0v) is 21.8. The molecular formula is C30H35N3O6. The third-order valence-corrected chi connectivity index (χ3v) is 6.33. The SMILES string of the molecule is [N-]=[N+]=NCCCO[C@@H]1O[C@H](COCc2ccccc2)[C@H](OCc2ccccc2)[C@H](O)[C@H]1OCc1ccccc1. The Bertz CT molecular complexity index is 1130. The van der Waals surface area contributed by atoms with Crippen LogP contribution in [0.1, 0.15) is 23.1 Å². The van der Waals surface area contributed by atoms with Gasteiger partial charge in [0.1, 0.15) is 24.4 Å². The Hall–Kier alpha value is -3.27. The summed E-state index contributed by atoms with van der Waals surface area (Å²) >= 11 is 0. The molecule has 9 heteroatoms. The molecule has 9 nitrogen and oxygen atoms in total. The summed E-state index contributed by atoms with van der Waals surface area (Å²) in [6.07, 6.45) is -3.53. The van der Waals surface area contributed by atoms with Crippen molar-refractivity contribution in [2.24, 2.45) is 5.11 Å². The molecule has 0 spiro atoms. The summed E-state index contributed by atoms with van der Waals surface area (Å²) in [5.41, 5.74) is 11.5. The highest BCUT2D eigenvalue weighted by molar-refractivity contribution is 5.15. The zero-order chi connectivity index (χ0) is 27.1. The molecule has 0 aliphatic carbocycles. The standard InChI is InChI=1S/C30H35N3O6/c31-33-32-17-10-18-36-30-29(38-21-25-15-8-3-9-16-25)27(34)28(37-20-24-13-6-2-7-14-24)26(39-30)22-35-19-23-11-4-1-5-12-23/h1-9,11-16,26-30,34H,10,17-22H2/t26-,27+,28+,29-,30-/m1/s1. The van der Waals surface area contributed by atoms with Crippen molar-refractivity contribution in [2.45, 2.75) is 56.9 Å². The van der Waals surface area contributed by atoms with Crippen LogP contribution < -0.4 is 0 Å². The molecule has 0 radical (unpaired) electrons. The van der Waals surface area contributed by atoms with E-state index in [1.165, 1.54) is 0 Å². The van der Waals surface area contributed by atoms with Gasteiger partial charge < -0.3 is 28.8 Å². The van der Waals surface area contributed by atoms with Gasteiger partial charge in [-0.15, -0.1) is 0 Å². The predicted octanol–water partition coefficient (Wildman–Crippen LogP) is 5.18. The fourth-order valence-corrected chi connectivity index (χ4v) is 4.33. The minimum absolute atomic E-state index is 0.190. The molecule has 4 rings (SSSR count). The quantitative estimate of drug-likeness (QED) is 0.125. The van der Waals surface area contributed by atoms with Gasteiger partial charge in [-0.2, -0.15) is 0 Å². The molecule has 1 N–H and O–H groups in total. The molecule has 0 aromatic heterocycles. The van der Waals surface area contributed by atoms with Gasteiger partial charge in [0.15, 0.2) is 6.29 Å². The van der Waals surface area contributed by atoms with E-state index in [0.29, 0.717) is 26.2 Å². The van der Waals surface area contributed by atoms with E-state index in [2.05, 4.69) is 10.0 Å². The molecule has 1 aliphatic heterocycles. The van der Waals surface area contributed by atoms with Crippen LogP contribution in [0.2, 0.25) is 0 Å². The van der Waals surface area contributed by atoms with Crippen LogP contribution in [0.4, 0.5) is 0 Å². The lowest BCUT2D eigenvalue weighted by atomic mass is 9.98. The molecule has 1 heterocycles. The lowest BCUT2D eigenvalue weighted by Gasteiger charge is -2.44. The second kappa shape index (κ2) is 16.0. The molecule has 1 fully saturated rings. The summed E-state index contributed by atoms with van der Waals surface area (Å²) in [5.74, 6) is 0. The fraction of sp³-hybridized carbons (Fsp3) is 0.400. The molecule has 0 saturated carbocycles. The Labute approximate surface area is 228 Å². The third kappa shape index (κ3) is 9.16. The highest BCUT2D eigenvalue weighted by atomic mass is 16.7. The predicted molar refractivity (Wildman–Crippen MR) is 145 cm³/mol. The topological polar surface area (TPSA) is 115 Å². The number of benzene rings is 3. The first-order chi connectivity index (χ1) is 19.2. The first-order valence-electron chi connectivity index (χ1n) is 13.1. The molecule has 3 aromatic carbocycles. The second-order valence-electron chi connectivity index (χ2n) is 9.24. The summed E-state index contributed by atoms with van der Waals surface area (Å²) in [4.78, 5) is 2.78. The van der Waals surface area contributed by atoms with Crippen LogP contribution in [0, 0.1) is 0 Å². The molecule has 0 bridgehead atoms. The minimum atomic E-state index is -1.04. The van der Waals surface area contributed by atoms with Gasteiger partial charge in [0, 0.05) is 18.1 Å². The number of hydrogen-bond donors (Lipinski definition) is 1. The summed E-state index contributed by atoms with van der Waals surface area (Å²) in [5, 5.41) is 15.1. The van der Waals surface area contributed by atoms with Crippen LogP contribution in [0.15, 0.2) is 96.1 Å². The van der Waals surface area contributed by atoms with Crippen LogP contribution in [0.25, 0.3) is 10.4 Å². The molecule has 5 atom stereocenters. The minimum Gasteiger partial charge on any atom is -0.387 e. The van der Waals surface area contributed by atoms with Crippen molar-refractivity contribution in [1.82, 2.24) is 0 Å². The molecule has 0 amide bonds. The first-order valence-corrected chi connectivity index (χ1v) is 13.1. The number of rotatable bonds is 15. The highest BCUT2D eigenvalue weighted by Gasteiger charge is 2.47. The molecule has 0 unspecified atom stereocenters. The zero-order valence-electron chi connectivity index (χ0n) is 21.8. The number of nitrogens with zero attached hydrogens (tertiary/aromatic N) is 3. The van der Waals surface area contributed by atoms with Crippen molar-refractivity contribution in [3.63, 3.8) is 0 Å². The number of aliphatic hydroxyl groups is 1. The maximum Gasteiger partial charge on any atom is 0.186 e. The Morgan fingerprint density at radius 3 is 1.85 bits per heavy atom. The van der Waals surface area contributed by atoms with Gasteiger partial charge in [-0.05, 0) is 28.6 Å². The van der Waals surface area contributed by atoms with Gasteiger partial charge in [-0.1, -0.05) is 96.1 Å². The van der Waals surface area contributed by atoms with E-state index in [1.54, 1.807) is 0 Å². The Balaban J connectivity index is 1.47. The van der Waals surface area contributed by atoms with Crippen molar-refractivity contribution in [2.75, 3.05) is 19.8 Å². The summed E-state index contributed by atoms with van der Waals surface area (Å²) in [7, 11) is 0. The van der Waals surface area contributed by atoms with E-state index in [1.807, 2.05) is 91.0 Å². The van der Waals surface area contributed by atoms with Gasteiger partial charge in [-0.25, -0.2) is 0 Å². The molecule has 39 heavy (non-hydrogen) atoms. The maximum absolute atomic E-state index is 11.6. The van der Waals surface area contributed by atoms with Crippen LogP contribution >= 0.6 is 0 Å². The molecule has 3 aromatic rings. The van der Waals surface area contributed by atoms with Crippen molar-refractivity contribution in [3.05, 3.63) is 118 Å². The van der Waals surface area contributed by atoms with E-state index < -0.39 is 30.7 Å². The molecule has 1 saturated heterocycles. The number of azide groups is 1. The maximum atomic E-state index is 11.6. The average molecular weight is 534 g/mol. The Kier molecular flexibility index (Phi) is 11.8. The van der Waals surface area contributed by atoms with E-state index in [0.717, 1.165) is 16.7 Å². The molecular weight excluding hydrogens is 498 g/mol. The largest absolute Gasteiger partial charge is 0.387 e. The number of aliphatic hydroxyl groups excluding tert-OH is 1. The van der Waals surface area contributed by atoms with Crippen LogP contribution in [0.5, 0.6) is 0 Å². The Morgan fingerprint density at radius 2 is 1.28 bits per heavy atom. The molecule has 206 valence electrons. The van der Waals surface area contributed by atoms with Gasteiger partial charge in [0.05, 0.1) is 26.4 Å². The van der Waals surface area contributed by atoms with Crippen molar-refractivity contribution in [3.8, 4) is 0 Å². The smallest absolute Gasteiger partial charge is 0.186 e. The second-order valence-corrected chi connectivity index (χ2v) is 9.24. The van der Waals surface area contributed by atoms with Gasteiger partial charge in [-0.3, -0.25) is 0 Å². The van der Waals surface area contributed by atoms with E-state index >= 15 is 0 Å². The van der Waals surface area contributed by atoms with Crippen molar-refractivity contribution in [1.29, 1.82) is 0 Å². The number of ether oxygens (including phenoxy) is 5. The Morgan fingerprint density at radius 1 is 0.744 bits per heavy atom. The lowest BCUT2D eigenvalue weighted by Crippen LogP contribution is -2.61. The first kappa shape index (κ1) is 28.7. The number of hydrogen-bond acceptors (Lipinski definition) is 7. The van der Waals surface area contributed by atoms with Crippen LogP contribution in [-0.4, -0.2) is 55.6 Å². The normalized spacial score (nSPS) is 22.7. The van der Waals surface area contributed by atoms with E-state index in [9.17, 15) is 5.11 Å². The van der Waals surface area contributed by atoms with Crippen molar-refractivity contribution < 1.29 is 28.8 Å². The average Bonchev–Trinajstić information content (AvgIpc) is 2.98. The monoisotopic (exact) mass is 533 g/mol. The van der Waals surface area contributed by atoms with Gasteiger partial charge in [0.2, 0.25) is 0 Å². The summed E-state index contributed by atoms with van der Waals surface area (Å²) in [6.45, 7) is 1.72.